The van der Waals surface area contributed by atoms with Crippen LogP contribution in [0.4, 0.5) is 0 Å². The molecule has 35 heavy (non-hydrogen) atoms. The predicted molar refractivity (Wildman–Crippen MR) is 124 cm³/mol. The molecule has 0 saturated carbocycles. The number of hydrogen-bond donors (Lipinski definition) is 4. The van der Waals surface area contributed by atoms with Crippen LogP contribution in [0.25, 0.3) is 11.0 Å². The highest BCUT2D eigenvalue weighted by atomic mass is 16.7. The SMILES string of the molecule is CC(=O)N[C@H]1C(Oc2c(C)c3ccc(OCc4ccccc4)cc3oc2=O)O[C@H](CO)[C@@H](O)[C@@H]1O. The summed E-state index contributed by atoms with van der Waals surface area (Å²) >= 11 is 0. The number of aliphatic hydroxyl groups excluding tert-OH is 3. The van der Waals surface area contributed by atoms with E-state index in [4.69, 9.17) is 18.6 Å². The van der Waals surface area contributed by atoms with Gasteiger partial charge in [-0.25, -0.2) is 4.79 Å². The van der Waals surface area contributed by atoms with Crippen molar-refractivity contribution in [1.82, 2.24) is 5.32 Å². The first-order chi connectivity index (χ1) is 16.8. The highest BCUT2D eigenvalue weighted by Crippen LogP contribution is 2.30. The summed E-state index contributed by atoms with van der Waals surface area (Å²) in [6, 6.07) is 13.5. The first-order valence-corrected chi connectivity index (χ1v) is 11.1. The molecule has 0 bridgehead atoms. The largest absolute Gasteiger partial charge is 0.489 e. The van der Waals surface area contributed by atoms with Crippen molar-refractivity contribution in [2.24, 2.45) is 0 Å². The first kappa shape index (κ1) is 24.7. The maximum atomic E-state index is 12.8. The van der Waals surface area contributed by atoms with Crippen molar-refractivity contribution in [3.05, 3.63) is 70.1 Å². The molecular formula is C25H27NO9. The summed E-state index contributed by atoms with van der Waals surface area (Å²) in [5.41, 5.74) is 0.916. The van der Waals surface area contributed by atoms with Gasteiger partial charge in [-0.2, -0.15) is 0 Å². The van der Waals surface area contributed by atoms with E-state index >= 15 is 0 Å². The Kier molecular flexibility index (Phi) is 7.37. The summed E-state index contributed by atoms with van der Waals surface area (Å²) in [6.45, 7) is 2.62. The normalized spacial score (nSPS) is 24.2. The minimum atomic E-state index is -1.51. The van der Waals surface area contributed by atoms with Crippen LogP contribution in [0.1, 0.15) is 18.1 Å². The number of aliphatic hydroxyl groups is 3. The zero-order chi connectivity index (χ0) is 25.1. The molecule has 2 heterocycles. The second-order valence-corrected chi connectivity index (χ2v) is 8.33. The van der Waals surface area contributed by atoms with Crippen LogP contribution in [-0.2, 0) is 16.1 Å². The number of carbonyl (C=O) groups excluding carboxylic acids is 1. The van der Waals surface area contributed by atoms with Gasteiger partial charge in [0.2, 0.25) is 17.9 Å². The zero-order valence-corrected chi connectivity index (χ0v) is 19.2. The van der Waals surface area contributed by atoms with Gasteiger partial charge in [0.25, 0.3) is 0 Å². The Morgan fingerprint density at radius 1 is 1.11 bits per heavy atom. The molecule has 1 aliphatic rings. The Morgan fingerprint density at radius 3 is 2.54 bits per heavy atom. The third kappa shape index (κ3) is 5.30. The molecule has 4 N–H and O–H groups in total. The molecule has 0 spiro atoms. The zero-order valence-electron chi connectivity index (χ0n) is 19.2. The Morgan fingerprint density at radius 2 is 1.86 bits per heavy atom. The lowest BCUT2D eigenvalue weighted by molar-refractivity contribution is -0.244. The van der Waals surface area contributed by atoms with E-state index < -0.39 is 48.8 Å². The average molecular weight is 485 g/mol. The average Bonchev–Trinajstić information content (AvgIpc) is 2.84. The van der Waals surface area contributed by atoms with E-state index in [0.717, 1.165) is 5.56 Å². The summed E-state index contributed by atoms with van der Waals surface area (Å²) in [5.74, 6) is -0.177. The monoisotopic (exact) mass is 485 g/mol. The van der Waals surface area contributed by atoms with Crippen LogP contribution in [0.2, 0.25) is 0 Å². The van der Waals surface area contributed by atoms with Gasteiger partial charge in [-0.15, -0.1) is 0 Å². The molecule has 10 heteroatoms. The molecule has 1 fully saturated rings. The molecule has 1 aromatic heterocycles. The van der Waals surface area contributed by atoms with Crippen molar-refractivity contribution in [3.63, 3.8) is 0 Å². The van der Waals surface area contributed by atoms with E-state index in [9.17, 15) is 24.9 Å². The molecule has 0 aliphatic carbocycles. The van der Waals surface area contributed by atoms with E-state index in [1.807, 2.05) is 30.3 Å². The smallest absolute Gasteiger partial charge is 0.379 e. The molecule has 2 aromatic carbocycles. The van der Waals surface area contributed by atoms with Gasteiger partial charge in [-0.05, 0) is 24.6 Å². The highest BCUT2D eigenvalue weighted by Gasteiger charge is 2.46. The van der Waals surface area contributed by atoms with Crippen LogP contribution in [0, 0.1) is 6.92 Å². The molecule has 1 saturated heterocycles. The maximum absolute atomic E-state index is 12.8. The van der Waals surface area contributed by atoms with Crippen molar-refractivity contribution >= 4 is 16.9 Å². The molecule has 1 aliphatic heterocycles. The van der Waals surface area contributed by atoms with Gasteiger partial charge in [0.05, 0.1) is 6.61 Å². The van der Waals surface area contributed by atoms with Crippen LogP contribution in [0.3, 0.4) is 0 Å². The lowest BCUT2D eigenvalue weighted by Gasteiger charge is -2.41. The molecule has 1 unspecified atom stereocenters. The summed E-state index contributed by atoms with van der Waals surface area (Å²) < 4.78 is 22.6. The second-order valence-electron chi connectivity index (χ2n) is 8.33. The Labute approximate surface area is 200 Å². The van der Waals surface area contributed by atoms with Gasteiger partial charge < -0.3 is 39.3 Å². The van der Waals surface area contributed by atoms with Crippen molar-refractivity contribution in [3.8, 4) is 11.5 Å². The minimum Gasteiger partial charge on any atom is -0.489 e. The molecule has 3 aromatic rings. The van der Waals surface area contributed by atoms with Crippen molar-refractivity contribution in [1.29, 1.82) is 0 Å². The molecule has 186 valence electrons. The summed E-state index contributed by atoms with van der Waals surface area (Å²) in [6.07, 6.45) is -5.54. The van der Waals surface area contributed by atoms with Gasteiger partial charge in [0.15, 0.2) is 0 Å². The van der Waals surface area contributed by atoms with Gasteiger partial charge in [0, 0.05) is 23.9 Å². The predicted octanol–water partition coefficient (Wildman–Crippen LogP) is 1.00. The fourth-order valence-corrected chi connectivity index (χ4v) is 3.97. The quantitative estimate of drug-likeness (QED) is 0.360. The topological polar surface area (TPSA) is 148 Å². The van der Waals surface area contributed by atoms with Crippen LogP contribution < -0.4 is 20.4 Å². The van der Waals surface area contributed by atoms with E-state index in [2.05, 4.69) is 5.32 Å². The lowest BCUT2D eigenvalue weighted by atomic mass is 9.97. The fourth-order valence-electron chi connectivity index (χ4n) is 3.97. The van der Waals surface area contributed by atoms with Crippen LogP contribution >= 0.6 is 0 Å². The minimum absolute atomic E-state index is 0.184. The lowest BCUT2D eigenvalue weighted by Crippen LogP contribution is -2.65. The van der Waals surface area contributed by atoms with Crippen LogP contribution in [0.5, 0.6) is 11.5 Å². The number of aryl methyl sites for hydroxylation is 1. The number of fused-ring (bicyclic) bond motifs is 1. The van der Waals surface area contributed by atoms with Crippen molar-refractivity contribution in [2.45, 2.75) is 51.1 Å². The molecule has 10 nitrogen and oxygen atoms in total. The third-order valence-electron chi connectivity index (χ3n) is 5.82. The van der Waals surface area contributed by atoms with Crippen LogP contribution in [-0.4, -0.2) is 58.5 Å². The number of amides is 1. The number of ether oxygens (including phenoxy) is 3. The van der Waals surface area contributed by atoms with Gasteiger partial charge in [-0.1, -0.05) is 30.3 Å². The number of rotatable bonds is 7. The second kappa shape index (κ2) is 10.4. The molecule has 1 amide bonds. The van der Waals surface area contributed by atoms with Crippen LogP contribution in [0.15, 0.2) is 57.7 Å². The van der Waals surface area contributed by atoms with Gasteiger partial charge in [-0.3, -0.25) is 4.79 Å². The Balaban J connectivity index is 1.60. The summed E-state index contributed by atoms with van der Waals surface area (Å²) in [7, 11) is 0. The number of nitrogens with one attached hydrogen (secondary N) is 1. The molecular weight excluding hydrogens is 458 g/mol. The third-order valence-corrected chi connectivity index (χ3v) is 5.82. The van der Waals surface area contributed by atoms with E-state index in [1.165, 1.54) is 6.92 Å². The van der Waals surface area contributed by atoms with Crippen molar-refractivity contribution < 1.29 is 38.7 Å². The van der Waals surface area contributed by atoms with Gasteiger partial charge in [0.1, 0.15) is 42.3 Å². The standard InChI is InChI=1S/C25H27NO9/c1-13-17-9-8-16(32-12-15-6-4-3-5-7-15)10-18(17)33-24(31)23(13)35-25-20(26-14(2)28)22(30)21(29)19(11-27)34-25/h3-10,19-22,25,27,29-30H,11-12H2,1-2H3,(H,26,28)/t19-,20-,21-,22-,25?/m1/s1. The molecule has 5 atom stereocenters. The fraction of sp³-hybridized carbons (Fsp3) is 0.360. The number of carbonyl (C=O) groups is 1. The first-order valence-electron chi connectivity index (χ1n) is 11.1. The molecule has 4 rings (SSSR count). The van der Waals surface area contributed by atoms with E-state index in [1.54, 1.807) is 25.1 Å². The number of hydrogen-bond acceptors (Lipinski definition) is 9. The maximum Gasteiger partial charge on any atom is 0.379 e. The highest BCUT2D eigenvalue weighted by molar-refractivity contribution is 5.83. The van der Waals surface area contributed by atoms with E-state index in [0.29, 0.717) is 23.3 Å². The number of benzene rings is 2. The summed E-state index contributed by atoms with van der Waals surface area (Å²) in [4.78, 5) is 24.4. The van der Waals surface area contributed by atoms with Gasteiger partial charge >= 0.3 is 5.63 Å². The van der Waals surface area contributed by atoms with Crippen molar-refractivity contribution in [2.75, 3.05) is 6.61 Å². The summed E-state index contributed by atoms with van der Waals surface area (Å²) in [5, 5.41) is 33.2. The molecule has 0 radical (unpaired) electrons. The Hall–Kier alpha value is -3.44. The van der Waals surface area contributed by atoms with E-state index in [-0.39, 0.29) is 11.3 Å². The Bertz CT molecular complexity index is 1240.